The van der Waals surface area contributed by atoms with Crippen LogP contribution < -0.4 is 5.73 Å². The average Bonchev–Trinajstić information content (AvgIpc) is 2.24. The highest BCUT2D eigenvalue weighted by molar-refractivity contribution is 5.96. The van der Waals surface area contributed by atoms with E-state index >= 15 is 0 Å². The van der Waals surface area contributed by atoms with Crippen molar-refractivity contribution >= 4 is 11.5 Å². The van der Waals surface area contributed by atoms with Gasteiger partial charge in [-0.15, -0.1) is 0 Å². The molecule has 1 aromatic rings. The summed E-state index contributed by atoms with van der Waals surface area (Å²) in [6.07, 6.45) is 0.545. The molecule has 0 radical (unpaired) electrons. The zero-order chi connectivity index (χ0) is 11.1. The molecular formula is C12H19NO. The number of aryl methyl sites for hydroxylation is 1. The van der Waals surface area contributed by atoms with Gasteiger partial charge in [-0.1, -0.05) is 20.8 Å². The molecule has 0 aliphatic rings. The summed E-state index contributed by atoms with van der Waals surface area (Å²) in [5.74, 6) is 0.165. The molecule has 0 heterocycles. The third-order valence-corrected chi connectivity index (χ3v) is 1.91. The first kappa shape index (κ1) is 12.7. The summed E-state index contributed by atoms with van der Waals surface area (Å²) >= 11 is 0. The van der Waals surface area contributed by atoms with Gasteiger partial charge < -0.3 is 5.73 Å². The molecule has 14 heavy (non-hydrogen) atoms. The van der Waals surface area contributed by atoms with Crippen molar-refractivity contribution in [1.82, 2.24) is 0 Å². The van der Waals surface area contributed by atoms with Crippen LogP contribution in [0.5, 0.6) is 0 Å². The Morgan fingerprint density at radius 3 is 2.36 bits per heavy atom. The Balaban J connectivity index is 0.000000791. The molecule has 0 saturated heterocycles. The molecule has 78 valence electrons. The van der Waals surface area contributed by atoms with Gasteiger partial charge >= 0.3 is 0 Å². The smallest absolute Gasteiger partial charge is 0.162 e. The zero-order valence-electron chi connectivity index (χ0n) is 9.42. The first-order valence-corrected chi connectivity index (χ1v) is 5.04. The van der Waals surface area contributed by atoms with Crippen LogP contribution in [0.3, 0.4) is 0 Å². The highest BCUT2D eigenvalue weighted by Gasteiger charge is 2.03. The predicted molar refractivity (Wildman–Crippen MR) is 61.6 cm³/mol. The molecule has 0 saturated carbocycles. The lowest BCUT2D eigenvalue weighted by atomic mass is 10.1. The lowest BCUT2D eigenvalue weighted by Gasteiger charge is -2.02. The first-order valence-electron chi connectivity index (χ1n) is 5.04. The van der Waals surface area contributed by atoms with E-state index in [1.807, 2.05) is 33.8 Å². The molecule has 2 heteroatoms. The van der Waals surface area contributed by atoms with Crippen molar-refractivity contribution in [3.63, 3.8) is 0 Å². The Labute approximate surface area is 86.1 Å². The molecule has 0 amide bonds. The van der Waals surface area contributed by atoms with Gasteiger partial charge in [-0.3, -0.25) is 4.79 Å². The minimum Gasteiger partial charge on any atom is -0.399 e. The Kier molecular flexibility index (Phi) is 5.61. The van der Waals surface area contributed by atoms with Gasteiger partial charge in [0.05, 0.1) is 0 Å². The van der Waals surface area contributed by atoms with Crippen LogP contribution in [0.2, 0.25) is 0 Å². The van der Waals surface area contributed by atoms with Crippen molar-refractivity contribution < 1.29 is 4.79 Å². The fraction of sp³-hybridized carbons (Fsp3) is 0.417. The number of hydrogen-bond donors (Lipinski definition) is 1. The molecule has 2 N–H and O–H groups in total. The van der Waals surface area contributed by atoms with Gasteiger partial charge in [0, 0.05) is 17.7 Å². The molecule has 0 spiro atoms. The van der Waals surface area contributed by atoms with Crippen LogP contribution in [0.4, 0.5) is 5.69 Å². The molecule has 0 atom stereocenters. The normalized spacial score (nSPS) is 8.86. The largest absolute Gasteiger partial charge is 0.399 e. The summed E-state index contributed by atoms with van der Waals surface area (Å²) in [5, 5.41) is 0. The second-order valence-corrected chi connectivity index (χ2v) is 2.85. The zero-order valence-corrected chi connectivity index (χ0v) is 9.42. The van der Waals surface area contributed by atoms with Crippen molar-refractivity contribution in [2.24, 2.45) is 0 Å². The van der Waals surface area contributed by atoms with E-state index in [0.717, 1.165) is 16.8 Å². The van der Waals surface area contributed by atoms with Crippen LogP contribution in [0.1, 0.15) is 43.1 Å². The molecular weight excluding hydrogens is 174 g/mol. The SMILES string of the molecule is CC.CCC(=O)c1ccc(N)c(C)c1. The second kappa shape index (κ2) is 6.19. The van der Waals surface area contributed by atoms with Gasteiger partial charge in [-0.2, -0.15) is 0 Å². The van der Waals surface area contributed by atoms with Crippen molar-refractivity contribution in [3.8, 4) is 0 Å². The number of ketones is 1. The van der Waals surface area contributed by atoms with Gasteiger partial charge in [0.2, 0.25) is 0 Å². The topological polar surface area (TPSA) is 43.1 Å². The number of Topliss-reactive ketones (excluding diaryl/α,β-unsaturated/α-hetero) is 1. The monoisotopic (exact) mass is 193 g/mol. The maximum Gasteiger partial charge on any atom is 0.162 e. The molecule has 0 aromatic heterocycles. The highest BCUT2D eigenvalue weighted by Crippen LogP contribution is 2.13. The summed E-state index contributed by atoms with van der Waals surface area (Å²) in [4.78, 5) is 11.2. The van der Waals surface area contributed by atoms with Crippen LogP contribution in [0, 0.1) is 6.92 Å². The maximum atomic E-state index is 11.2. The number of nitrogens with two attached hydrogens (primary N) is 1. The Morgan fingerprint density at radius 1 is 1.36 bits per heavy atom. The van der Waals surface area contributed by atoms with E-state index in [4.69, 9.17) is 5.73 Å². The van der Waals surface area contributed by atoms with E-state index in [9.17, 15) is 4.79 Å². The quantitative estimate of drug-likeness (QED) is 0.579. The summed E-state index contributed by atoms with van der Waals surface area (Å²) in [7, 11) is 0. The Hall–Kier alpha value is -1.31. The summed E-state index contributed by atoms with van der Waals surface area (Å²) in [6.45, 7) is 7.76. The van der Waals surface area contributed by atoms with E-state index in [1.54, 1.807) is 12.1 Å². The highest BCUT2D eigenvalue weighted by atomic mass is 16.1. The first-order chi connectivity index (χ1) is 6.65. The van der Waals surface area contributed by atoms with E-state index in [1.165, 1.54) is 0 Å². The average molecular weight is 193 g/mol. The Morgan fingerprint density at radius 2 is 1.93 bits per heavy atom. The molecule has 0 fully saturated rings. The minimum absolute atomic E-state index is 0.165. The van der Waals surface area contributed by atoms with Crippen molar-refractivity contribution in [3.05, 3.63) is 29.3 Å². The van der Waals surface area contributed by atoms with E-state index in [0.29, 0.717) is 6.42 Å². The van der Waals surface area contributed by atoms with Gasteiger partial charge in [0.15, 0.2) is 5.78 Å². The lowest BCUT2D eigenvalue weighted by Crippen LogP contribution is -1.98. The van der Waals surface area contributed by atoms with Crippen molar-refractivity contribution in [2.75, 3.05) is 5.73 Å². The van der Waals surface area contributed by atoms with Crippen LogP contribution >= 0.6 is 0 Å². The molecule has 0 unspecified atom stereocenters. The summed E-state index contributed by atoms with van der Waals surface area (Å²) < 4.78 is 0. The number of hydrogen-bond acceptors (Lipinski definition) is 2. The number of carbonyl (C=O) groups is 1. The standard InChI is InChI=1S/C10H13NO.C2H6/c1-3-10(12)8-4-5-9(11)7(2)6-8;1-2/h4-6H,3,11H2,1-2H3;1-2H3. The number of rotatable bonds is 2. The van der Waals surface area contributed by atoms with Crippen LogP contribution in [0.15, 0.2) is 18.2 Å². The van der Waals surface area contributed by atoms with E-state index < -0.39 is 0 Å². The molecule has 2 nitrogen and oxygen atoms in total. The molecule has 1 rings (SSSR count). The van der Waals surface area contributed by atoms with Crippen LogP contribution in [0.25, 0.3) is 0 Å². The third-order valence-electron chi connectivity index (χ3n) is 1.91. The predicted octanol–water partition coefficient (Wildman–Crippen LogP) is 3.20. The van der Waals surface area contributed by atoms with Gasteiger partial charge in [0.1, 0.15) is 0 Å². The van der Waals surface area contributed by atoms with Gasteiger partial charge in [0.25, 0.3) is 0 Å². The molecule has 0 aliphatic heterocycles. The van der Waals surface area contributed by atoms with E-state index in [2.05, 4.69) is 0 Å². The number of anilines is 1. The maximum absolute atomic E-state index is 11.2. The van der Waals surface area contributed by atoms with Crippen LogP contribution in [-0.2, 0) is 0 Å². The third kappa shape index (κ3) is 3.21. The fourth-order valence-corrected chi connectivity index (χ4v) is 1.05. The molecule has 1 aromatic carbocycles. The lowest BCUT2D eigenvalue weighted by molar-refractivity contribution is 0.0988. The molecule has 0 aliphatic carbocycles. The van der Waals surface area contributed by atoms with Crippen molar-refractivity contribution in [2.45, 2.75) is 34.1 Å². The van der Waals surface area contributed by atoms with E-state index in [-0.39, 0.29) is 5.78 Å². The summed E-state index contributed by atoms with van der Waals surface area (Å²) in [6, 6.07) is 5.38. The summed E-state index contributed by atoms with van der Waals surface area (Å²) in [5.41, 5.74) is 8.08. The minimum atomic E-state index is 0.165. The van der Waals surface area contributed by atoms with Crippen LogP contribution in [-0.4, -0.2) is 5.78 Å². The van der Waals surface area contributed by atoms with Gasteiger partial charge in [-0.05, 0) is 30.7 Å². The van der Waals surface area contributed by atoms with Gasteiger partial charge in [-0.25, -0.2) is 0 Å². The number of nitrogen functional groups attached to an aromatic ring is 1. The number of benzene rings is 1. The van der Waals surface area contributed by atoms with Crippen molar-refractivity contribution in [1.29, 1.82) is 0 Å². The Bertz CT molecular complexity index is 305. The second-order valence-electron chi connectivity index (χ2n) is 2.85. The number of carbonyl (C=O) groups excluding carboxylic acids is 1. The molecule has 0 bridgehead atoms. The fourth-order valence-electron chi connectivity index (χ4n) is 1.05.